The summed E-state index contributed by atoms with van der Waals surface area (Å²) in [7, 11) is -3.76. The maximum atomic E-state index is 13.9. The van der Waals surface area contributed by atoms with Crippen LogP contribution in [0.25, 0.3) is 23.0 Å². The van der Waals surface area contributed by atoms with E-state index in [-0.39, 0.29) is 28.2 Å². The fraction of sp³-hybridized carbons (Fsp3) is 0.176. The van der Waals surface area contributed by atoms with E-state index in [4.69, 9.17) is 16.7 Å². The Kier molecular flexibility index (Phi) is 9.16. The van der Waals surface area contributed by atoms with Crippen molar-refractivity contribution in [2.45, 2.75) is 32.2 Å². The van der Waals surface area contributed by atoms with Gasteiger partial charge in [-0.25, -0.2) is 13.1 Å². The lowest BCUT2D eigenvalue weighted by molar-refractivity contribution is -0.141. The number of rotatable bonds is 9. The highest BCUT2D eigenvalue weighted by atomic mass is 35.5. The summed E-state index contributed by atoms with van der Waals surface area (Å²) in [6, 6.07) is 24.7. The smallest absolute Gasteiger partial charge is 0.269 e. The maximum Gasteiger partial charge on any atom is 0.271 e. The molecule has 0 N–H and O–H groups in total. The molecule has 3 aromatic carbocycles. The molecule has 2 heterocycles. The summed E-state index contributed by atoms with van der Waals surface area (Å²) < 4.78 is 29.7. The van der Waals surface area contributed by atoms with Crippen LogP contribution in [0.15, 0.2) is 107 Å². The van der Waals surface area contributed by atoms with Gasteiger partial charge in [-0.15, -0.1) is 0 Å². The molecule has 2 amide bonds. The van der Waals surface area contributed by atoms with Crippen LogP contribution < -0.4 is 0 Å². The average molecular weight is 640 g/mol. The first-order valence-corrected chi connectivity index (χ1v) is 16.1. The third kappa shape index (κ3) is 6.11. The monoisotopic (exact) mass is 639 g/mol. The molecular formula is C34H30ClN5O4S. The summed E-state index contributed by atoms with van der Waals surface area (Å²) in [5.74, 6) is -1.29. The maximum absolute atomic E-state index is 13.9. The predicted octanol–water partition coefficient (Wildman–Crippen LogP) is 6.02. The van der Waals surface area contributed by atoms with Gasteiger partial charge in [0.05, 0.1) is 17.1 Å². The highest BCUT2D eigenvalue weighted by molar-refractivity contribution is 7.89. The number of aromatic nitrogens is 2. The van der Waals surface area contributed by atoms with E-state index in [0.29, 0.717) is 40.5 Å². The van der Waals surface area contributed by atoms with Crippen LogP contribution in [0.3, 0.4) is 0 Å². The molecule has 0 atom stereocenters. The number of hydrogen-bond donors (Lipinski definition) is 0. The normalized spacial score (nSPS) is 14.8. The minimum Gasteiger partial charge on any atom is -0.269 e. The van der Waals surface area contributed by atoms with Crippen molar-refractivity contribution >= 4 is 39.5 Å². The molecule has 228 valence electrons. The second-order valence-electron chi connectivity index (χ2n) is 10.3. The Morgan fingerprint density at radius 2 is 1.64 bits per heavy atom. The number of amides is 2. The molecule has 11 heteroatoms. The van der Waals surface area contributed by atoms with Gasteiger partial charge in [-0.1, -0.05) is 74.0 Å². The van der Waals surface area contributed by atoms with Crippen LogP contribution in [-0.4, -0.2) is 52.3 Å². The number of nitrogens with zero attached hydrogens (tertiary/aromatic N) is 5. The third-order valence-corrected chi connectivity index (χ3v) is 10.0. The molecule has 1 aromatic heterocycles. The highest BCUT2D eigenvalue weighted by Gasteiger charge is 2.36. The zero-order chi connectivity index (χ0) is 32.3. The van der Waals surface area contributed by atoms with Gasteiger partial charge in [0.2, 0.25) is 10.0 Å². The van der Waals surface area contributed by atoms with Crippen molar-refractivity contribution in [3.8, 4) is 23.0 Å². The zero-order valence-corrected chi connectivity index (χ0v) is 26.5. The lowest BCUT2D eigenvalue weighted by Gasteiger charge is -2.27. The van der Waals surface area contributed by atoms with E-state index in [2.05, 4.69) is 0 Å². The first-order valence-electron chi connectivity index (χ1n) is 14.3. The number of hydrogen-bond acceptors (Lipinski definition) is 6. The van der Waals surface area contributed by atoms with Gasteiger partial charge in [0, 0.05) is 41.0 Å². The summed E-state index contributed by atoms with van der Waals surface area (Å²) in [4.78, 5) is 28.3. The Bertz CT molecular complexity index is 2010. The fourth-order valence-corrected chi connectivity index (χ4v) is 6.87. The van der Waals surface area contributed by atoms with Crippen LogP contribution in [-0.2, 0) is 26.2 Å². The molecule has 1 aliphatic heterocycles. The summed E-state index contributed by atoms with van der Waals surface area (Å²) in [6.45, 7) is 5.65. The van der Waals surface area contributed by atoms with E-state index in [0.717, 1.165) is 10.6 Å². The van der Waals surface area contributed by atoms with Gasteiger partial charge in [-0.2, -0.15) is 14.7 Å². The van der Waals surface area contributed by atoms with E-state index >= 15 is 0 Å². The molecule has 4 aromatic rings. The van der Waals surface area contributed by atoms with Crippen LogP contribution in [0.5, 0.6) is 0 Å². The van der Waals surface area contributed by atoms with Gasteiger partial charge < -0.3 is 0 Å². The molecule has 0 unspecified atom stereocenters. The molecule has 0 radical (unpaired) electrons. The Hall–Kier alpha value is -4.82. The molecule has 5 rings (SSSR count). The van der Waals surface area contributed by atoms with Crippen molar-refractivity contribution in [3.63, 3.8) is 0 Å². The number of benzene rings is 3. The zero-order valence-electron chi connectivity index (χ0n) is 24.9. The summed E-state index contributed by atoms with van der Waals surface area (Å²) >= 11 is 6.34. The molecule has 0 fully saturated rings. The fourth-order valence-electron chi connectivity index (χ4n) is 5.17. The molecule has 0 bridgehead atoms. The van der Waals surface area contributed by atoms with Crippen molar-refractivity contribution in [2.75, 3.05) is 13.1 Å². The van der Waals surface area contributed by atoms with Gasteiger partial charge in [-0.3, -0.25) is 14.5 Å². The van der Waals surface area contributed by atoms with Crippen LogP contribution in [0.1, 0.15) is 31.9 Å². The van der Waals surface area contributed by atoms with Crippen molar-refractivity contribution in [1.29, 1.82) is 5.26 Å². The number of carbonyl (C=O) groups excluding carboxylic acids is 2. The van der Waals surface area contributed by atoms with Crippen molar-refractivity contribution in [2.24, 2.45) is 0 Å². The van der Waals surface area contributed by atoms with Crippen molar-refractivity contribution in [1.82, 2.24) is 19.0 Å². The van der Waals surface area contributed by atoms with Gasteiger partial charge in [0.1, 0.15) is 17.3 Å². The number of para-hydroxylation sites is 1. The third-order valence-electron chi connectivity index (χ3n) is 7.63. The topological polar surface area (TPSA) is 116 Å². The van der Waals surface area contributed by atoms with Crippen LogP contribution in [0.2, 0.25) is 5.02 Å². The lowest BCUT2D eigenvalue weighted by atomic mass is 9.93. The van der Waals surface area contributed by atoms with Crippen molar-refractivity contribution < 1.29 is 18.0 Å². The minimum absolute atomic E-state index is 0.115. The van der Waals surface area contributed by atoms with Crippen LogP contribution in [0.4, 0.5) is 0 Å². The Labute approximate surface area is 267 Å². The predicted molar refractivity (Wildman–Crippen MR) is 172 cm³/mol. The SMILES string of the molecule is CCN(CC)S(=O)(=O)c1cccc(-c2nn(-c3ccccc3)cc2/C=C2/C(=O)N(Cc3ccccc3Cl)C(=O)C(C#N)=C2C)c1. The number of sulfonamides is 1. The summed E-state index contributed by atoms with van der Waals surface area (Å²) in [6.07, 6.45) is 3.32. The molecule has 0 saturated heterocycles. The number of halogens is 1. The Morgan fingerprint density at radius 1 is 0.956 bits per heavy atom. The molecule has 0 saturated carbocycles. The average Bonchev–Trinajstić information content (AvgIpc) is 3.47. The highest BCUT2D eigenvalue weighted by Crippen LogP contribution is 2.33. The molecule has 1 aliphatic rings. The molecular weight excluding hydrogens is 610 g/mol. The first-order chi connectivity index (χ1) is 21.6. The van der Waals surface area contributed by atoms with E-state index in [9.17, 15) is 23.3 Å². The molecule has 0 aliphatic carbocycles. The number of nitriles is 1. The van der Waals surface area contributed by atoms with Gasteiger partial charge >= 0.3 is 0 Å². The second-order valence-corrected chi connectivity index (χ2v) is 12.6. The molecule has 0 spiro atoms. The number of imide groups is 1. The second kappa shape index (κ2) is 13.0. The quantitative estimate of drug-likeness (QED) is 0.163. The van der Waals surface area contributed by atoms with Crippen LogP contribution >= 0.6 is 11.6 Å². The number of carbonyl (C=O) groups is 2. The summed E-state index contributed by atoms with van der Waals surface area (Å²) in [5.41, 5.74) is 2.93. The van der Waals surface area contributed by atoms with E-state index in [1.807, 2.05) is 36.4 Å². The van der Waals surface area contributed by atoms with E-state index in [1.165, 1.54) is 4.31 Å². The lowest BCUT2D eigenvalue weighted by Crippen LogP contribution is -2.42. The Morgan fingerprint density at radius 3 is 2.31 bits per heavy atom. The van der Waals surface area contributed by atoms with Gasteiger partial charge in [-0.05, 0) is 54.5 Å². The molecule has 9 nitrogen and oxygen atoms in total. The van der Waals surface area contributed by atoms with Gasteiger partial charge in [0.15, 0.2) is 0 Å². The van der Waals surface area contributed by atoms with Gasteiger partial charge in [0.25, 0.3) is 11.8 Å². The van der Waals surface area contributed by atoms with E-state index in [1.54, 1.807) is 86.3 Å². The largest absolute Gasteiger partial charge is 0.271 e. The van der Waals surface area contributed by atoms with E-state index < -0.39 is 21.8 Å². The Balaban J connectivity index is 1.68. The van der Waals surface area contributed by atoms with Crippen LogP contribution in [0, 0.1) is 11.3 Å². The standard InChI is InChI=1S/C34H30ClN5O4S/c1-4-38(5-2)45(43,44)28-16-11-13-24(18-28)32-26(22-40(37-32)27-14-7-6-8-15-27)19-29-23(3)30(20-36)34(42)39(33(29)41)21-25-12-9-10-17-31(25)35/h6-19,22H,4-5,21H2,1-3H3/b29-19+. The van der Waals surface area contributed by atoms with Crippen molar-refractivity contribution in [3.05, 3.63) is 118 Å². The first kappa shape index (κ1) is 31.6. The minimum atomic E-state index is -3.76. The summed E-state index contributed by atoms with van der Waals surface area (Å²) in [5, 5.41) is 15.1. The molecule has 45 heavy (non-hydrogen) atoms.